The molecule has 1 aromatic rings. The molecule has 7 heteroatoms. The van der Waals surface area contributed by atoms with Crippen molar-refractivity contribution < 1.29 is 18.7 Å². The highest BCUT2D eigenvalue weighted by Gasteiger charge is 2.41. The van der Waals surface area contributed by atoms with Crippen molar-refractivity contribution >= 4 is 17.7 Å². The molecule has 1 spiro atoms. The zero-order valence-electron chi connectivity index (χ0n) is 13.7. The number of hydrogen-bond donors (Lipinski definition) is 2. The Hall–Kier alpha value is -2.15. The molecule has 24 heavy (non-hydrogen) atoms. The van der Waals surface area contributed by atoms with Gasteiger partial charge in [0, 0.05) is 24.2 Å². The third-order valence-electron chi connectivity index (χ3n) is 4.76. The summed E-state index contributed by atoms with van der Waals surface area (Å²) in [5, 5.41) is 5.48. The van der Waals surface area contributed by atoms with Gasteiger partial charge in [0.15, 0.2) is 0 Å². The molecule has 2 amide bonds. The molecule has 2 saturated heterocycles. The number of nitrogens with zero attached hydrogens (tertiary/aromatic N) is 1. The van der Waals surface area contributed by atoms with Crippen molar-refractivity contribution in [1.29, 1.82) is 0 Å². The molecule has 1 unspecified atom stereocenters. The van der Waals surface area contributed by atoms with Crippen LogP contribution in [0.2, 0.25) is 0 Å². The highest BCUT2D eigenvalue weighted by atomic mass is 19.1. The van der Waals surface area contributed by atoms with E-state index in [1.165, 1.54) is 6.07 Å². The minimum Gasteiger partial charge on any atom is -0.441 e. The smallest absolute Gasteiger partial charge is 0.407 e. The second-order valence-electron chi connectivity index (χ2n) is 6.52. The lowest BCUT2D eigenvalue weighted by Crippen LogP contribution is -2.37. The van der Waals surface area contributed by atoms with E-state index in [1.54, 1.807) is 19.1 Å². The van der Waals surface area contributed by atoms with Crippen LogP contribution in [0.3, 0.4) is 0 Å². The van der Waals surface area contributed by atoms with Gasteiger partial charge in [-0.25, -0.2) is 9.18 Å². The number of hydrogen-bond acceptors (Lipinski definition) is 4. The molecule has 2 fully saturated rings. The number of alkyl carbamates (subject to hydrolysis) is 1. The number of likely N-dealkylation sites (tertiary alicyclic amines) is 1. The lowest BCUT2D eigenvalue weighted by Gasteiger charge is -2.24. The summed E-state index contributed by atoms with van der Waals surface area (Å²) in [6, 6.07) is 4.64. The van der Waals surface area contributed by atoms with E-state index in [0.717, 1.165) is 19.4 Å². The van der Waals surface area contributed by atoms with Crippen molar-refractivity contribution in [2.45, 2.75) is 31.8 Å². The Labute approximate surface area is 140 Å². The van der Waals surface area contributed by atoms with E-state index in [0.29, 0.717) is 30.8 Å². The number of carbonyl (C=O) groups is 2. The summed E-state index contributed by atoms with van der Waals surface area (Å²) < 4.78 is 19.0. The fraction of sp³-hybridized carbons (Fsp3) is 0.529. The third kappa shape index (κ3) is 3.67. The first-order valence-electron chi connectivity index (χ1n) is 8.22. The summed E-state index contributed by atoms with van der Waals surface area (Å²) in [5.41, 5.74) is 0.506. The Morgan fingerprint density at radius 1 is 1.42 bits per heavy atom. The fourth-order valence-corrected chi connectivity index (χ4v) is 3.30. The van der Waals surface area contributed by atoms with Gasteiger partial charge in [-0.05, 0) is 38.4 Å². The van der Waals surface area contributed by atoms with Gasteiger partial charge in [-0.15, -0.1) is 0 Å². The third-order valence-corrected chi connectivity index (χ3v) is 4.76. The average molecular weight is 335 g/mol. The molecule has 0 aliphatic carbocycles. The standard InChI is InChI=1S/C17H22FN3O3/c1-12-13(18)4-2-5-14(12)20-15(22)10-21-8-3-6-17(7-9-21)11-19-16(23)24-17/h2,4-5H,3,6-11H2,1H3,(H,19,23)(H,20,22). The maximum absolute atomic E-state index is 13.5. The van der Waals surface area contributed by atoms with Crippen LogP contribution < -0.4 is 10.6 Å². The minimum atomic E-state index is -0.429. The quantitative estimate of drug-likeness (QED) is 0.887. The van der Waals surface area contributed by atoms with Crippen LogP contribution in [-0.2, 0) is 9.53 Å². The Morgan fingerprint density at radius 2 is 2.25 bits per heavy atom. The van der Waals surface area contributed by atoms with Crippen molar-refractivity contribution in [1.82, 2.24) is 10.2 Å². The summed E-state index contributed by atoms with van der Waals surface area (Å²) in [6.07, 6.45) is 2.01. The van der Waals surface area contributed by atoms with Crippen LogP contribution in [-0.4, -0.2) is 48.7 Å². The topological polar surface area (TPSA) is 70.7 Å². The van der Waals surface area contributed by atoms with E-state index in [1.807, 2.05) is 4.90 Å². The number of benzene rings is 1. The summed E-state index contributed by atoms with van der Waals surface area (Å²) in [5.74, 6) is -0.499. The number of ether oxygens (including phenoxy) is 1. The number of anilines is 1. The lowest BCUT2D eigenvalue weighted by molar-refractivity contribution is -0.117. The van der Waals surface area contributed by atoms with Gasteiger partial charge in [0.2, 0.25) is 5.91 Å². The fourth-order valence-electron chi connectivity index (χ4n) is 3.30. The molecular weight excluding hydrogens is 313 g/mol. The normalized spacial score (nSPS) is 24.3. The highest BCUT2D eigenvalue weighted by Crippen LogP contribution is 2.29. The summed E-state index contributed by atoms with van der Waals surface area (Å²) in [7, 11) is 0. The van der Waals surface area contributed by atoms with Gasteiger partial charge in [-0.2, -0.15) is 0 Å². The van der Waals surface area contributed by atoms with Crippen LogP contribution in [0.1, 0.15) is 24.8 Å². The summed E-state index contributed by atoms with van der Waals surface area (Å²) in [4.78, 5) is 25.6. The van der Waals surface area contributed by atoms with Crippen LogP contribution in [0.5, 0.6) is 0 Å². The number of amides is 2. The molecule has 2 aliphatic heterocycles. The second kappa shape index (κ2) is 6.76. The molecule has 0 bridgehead atoms. The van der Waals surface area contributed by atoms with Crippen molar-refractivity contribution in [3.05, 3.63) is 29.6 Å². The molecule has 2 heterocycles. The Kier molecular flexibility index (Phi) is 4.71. The lowest BCUT2D eigenvalue weighted by atomic mass is 9.95. The monoisotopic (exact) mass is 335 g/mol. The van der Waals surface area contributed by atoms with E-state index in [9.17, 15) is 14.0 Å². The molecule has 2 N–H and O–H groups in total. The second-order valence-corrected chi connectivity index (χ2v) is 6.52. The molecule has 3 rings (SSSR count). The van der Waals surface area contributed by atoms with Gasteiger partial charge < -0.3 is 15.4 Å². The largest absolute Gasteiger partial charge is 0.441 e. The first-order chi connectivity index (χ1) is 11.5. The molecule has 6 nitrogen and oxygen atoms in total. The molecule has 1 atom stereocenters. The van der Waals surface area contributed by atoms with Crippen LogP contribution >= 0.6 is 0 Å². The highest BCUT2D eigenvalue weighted by molar-refractivity contribution is 5.93. The van der Waals surface area contributed by atoms with Gasteiger partial charge in [0.25, 0.3) is 0 Å². The Morgan fingerprint density at radius 3 is 3.00 bits per heavy atom. The molecule has 0 saturated carbocycles. The zero-order valence-corrected chi connectivity index (χ0v) is 13.7. The van der Waals surface area contributed by atoms with E-state index >= 15 is 0 Å². The Bertz CT molecular complexity index is 652. The van der Waals surface area contributed by atoms with Gasteiger partial charge in [-0.3, -0.25) is 9.69 Å². The van der Waals surface area contributed by atoms with Gasteiger partial charge in [0.05, 0.1) is 13.1 Å². The van der Waals surface area contributed by atoms with Gasteiger partial charge >= 0.3 is 6.09 Å². The SMILES string of the molecule is Cc1c(F)cccc1NC(=O)CN1CCCC2(CC1)CNC(=O)O2. The molecular formula is C17H22FN3O3. The van der Waals surface area contributed by atoms with Crippen molar-refractivity contribution in [2.24, 2.45) is 0 Å². The molecule has 0 radical (unpaired) electrons. The first-order valence-corrected chi connectivity index (χ1v) is 8.22. The van der Waals surface area contributed by atoms with Gasteiger partial charge in [0.1, 0.15) is 11.4 Å². The maximum Gasteiger partial charge on any atom is 0.407 e. The molecule has 2 aliphatic rings. The minimum absolute atomic E-state index is 0.166. The number of nitrogens with one attached hydrogen (secondary N) is 2. The predicted octanol–water partition coefficient (Wildman–Crippen LogP) is 2.04. The first kappa shape index (κ1) is 16.7. The predicted molar refractivity (Wildman–Crippen MR) is 87.3 cm³/mol. The van der Waals surface area contributed by atoms with Crippen molar-refractivity contribution in [3.63, 3.8) is 0 Å². The number of carbonyl (C=O) groups excluding carboxylic acids is 2. The molecule has 1 aromatic carbocycles. The van der Waals surface area contributed by atoms with Crippen LogP contribution in [0.4, 0.5) is 14.9 Å². The van der Waals surface area contributed by atoms with Crippen molar-refractivity contribution in [3.8, 4) is 0 Å². The maximum atomic E-state index is 13.5. The average Bonchev–Trinajstić information content (AvgIpc) is 2.79. The van der Waals surface area contributed by atoms with Crippen LogP contribution in [0.15, 0.2) is 18.2 Å². The van der Waals surface area contributed by atoms with Crippen LogP contribution in [0.25, 0.3) is 0 Å². The van der Waals surface area contributed by atoms with Gasteiger partial charge in [-0.1, -0.05) is 6.07 Å². The van der Waals surface area contributed by atoms with E-state index in [-0.39, 0.29) is 24.4 Å². The van der Waals surface area contributed by atoms with Crippen molar-refractivity contribution in [2.75, 3.05) is 31.5 Å². The summed E-state index contributed by atoms with van der Waals surface area (Å²) >= 11 is 0. The Balaban J connectivity index is 1.55. The molecule has 130 valence electrons. The molecule has 0 aromatic heterocycles. The van der Waals surface area contributed by atoms with E-state index < -0.39 is 5.60 Å². The van der Waals surface area contributed by atoms with E-state index in [4.69, 9.17) is 4.74 Å². The zero-order chi connectivity index (χ0) is 17.2. The van der Waals surface area contributed by atoms with Crippen LogP contribution in [0, 0.1) is 12.7 Å². The number of halogens is 1. The number of rotatable bonds is 3. The summed E-state index contributed by atoms with van der Waals surface area (Å²) in [6.45, 7) is 3.88. The van der Waals surface area contributed by atoms with E-state index in [2.05, 4.69) is 10.6 Å².